The number of aryl methyl sites for hydroxylation is 4. The van der Waals surface area contributed by atoms with Gasteiger partial charge in [0.1, 0.15) is 5.82 Å². The van der Waals surface area contributed by atoms with E-state index >= 15 is 0 Å². The number of amides is 1. The van der Waals surface area contributed by atoms with Crippen LogP contribution in [0.2, 0.25) is 0 Å². The van der Waals surface area contributed by atoms with Gasteiger partial charge in [0.2, 0.25) is 0 Å². The number of hydrogen-bond donors (Lipinski definition) is 2. The molecule has 2 aromatic carbocycles. The van der Waals surface area contributed by atoms with E-state index in [1.807, 2.05) is 19.2 Å². The van der Waals surface area contributed by atoms with E-state index in [1.54, 1.807) is 31.2 Å². The van der Waals surface area contributed by atoms with E-state index in [4.69, 9.17) is 0 Å². The molecule has 0 saturated carbocycles. The van der Waals surface area contributed by atoms with Crippen LogP contribution in [-0.2, 0) is 29.5 Å². The summed E-state index contributed by atoms with van der Waals surface area (Å²) >= 11 is 0. The summed E-state index contributed by atoms with van der Waals surface area (Å²) in [5.41, 5.74) is 3.28. The van der Waals surface area contributed by atoms with Crippen LogP contribution in [-0.4, -0.2) is 23.9 Å². The van der Waals surface area contributed by atoms with Crippen molar-refractivity contribution in [2.24, 2.45) is 0 Å². The zero-order chi connectivity index (χ0) is 22.0. The maximum atomic E-state index is 12.8. The van der Waals surface area contributed by atoms with E-state index < -0.39 is 10.0 Å². The number of aromatic nitrogens is 2. The second-order valence-electron chi connectivity index (χ2n) is 7.93. The monoisotopic (exact) mass is 438 g/mol. The van der Waals surface area contributed by atoms with Gasteiger partial charge < -0.3 is 9.88 Å². The predicted octanol–water partition coefficient (Wildman–Crippen LogP) is 3.57. The van der Waals surface area contributed by atoms with Crippen LogP contribution in [0.4, 0.5) is 5.69 Å². The molecule has 0 saturated heterocycles. The van der Waals surface area contributed by atoms with Gasteiger partial charge in [0.05, 0.1) is 17.1 Å². The summed E-state index contributed by atoms with van der Waals surface area (Å²) in [4.78, 5) is 17.4. The number of imidazole rings is 1. The molecule has 0 unspecified atom stereocenters. The Kier molecular flexibility index (Phi) is 5.82. The van der Waals surface area contributed by atoms with Gasteiger partial charge in [-0.15, -0.1) is 0 Å². The van der Waals surface area contributed by atoms with Gasteiger partial charge in [0.25, 0.3) is 15.9 Å². The highest BCUT2D eigenvalue weighted by molar-refractivity contribution is 7.92. The molecule has 0 fully saturated rings. The Hall–Kier alpha value is -3.13. The van der Waals surface area contributed by atoms with Gasteiger partial charge >= 0.3 is 0 Å². The molecule has 0 bridgehead atoms. The van der Waals surface area contributed by atoms with Crippen LogP contribution in [0.25, 0.3) is 0 Å². The molecule has 7 nitrogen and oxygen atoms in total. The Morgan fingerprint density at radius 3 is 2.74 bits per heavy atom. The minimum Gasteiger partial charge on any atom is -0.346 e. The van der Waals surface area contributed by atoms with Crippen LogP contribution < -0.4 is 10.0 Å². The summed E-state index contributed by atoms with van der Waals surface area (Å²) in [5, 5.41) is 2.87. The number of hydrogen-bond acceptors (Lipinski definition) is 4. The summed E-state index contributed by atoms with van der Waals surface area (Å²) < 4.78 is 30.4. The van der Waals surface area contributed by atoms with Crippen molar-refractivity contribution in [2.45, 2.75) is 51.1 Å². The van der Waals surface area contributed by atoms with Crippen LogP contribution in [0.5, 0.6) is 0 Å². The number of benzene rings is 2. The molecule has 0 spiro atoms. The van der Waals surface area contributed by atoms with Gasteiger partial charge in [0, 0.05) is 30.4 Å². The summed E-state index contributed by atoms with van der Waals surface area (Å²) in [6, 6.07) is 11.7. The fourth-order valence-electron chi connectivity index (χ4n) is 3.76. The lowest BCUT2D eigenvalue weighted by atomic mass is 10.1. The fraction of sp³-hybridized carbons (Fsp3) is 0.304. The molecule has 31 heavy (non-hydrogen) atoms. The van der Waals surface area contributed by atoms with Crippen molar-refractivity contribution in [3.63, 3.8) is 0 Å². The largest absolute Gasteiger partial charge is 0.346 e. The zero-order valence-corrected chi connectivity index (χ0v) is 18.5. The van der Waals surface area contributed by atoms with Crippen molar-refractivity contribution in [1.29, 1.82) is 0 Å². The molecular weight excluding hydrogens is 412 g/mol. The molecule has 1 aliphatic rings. The molecule has 1 aliphatic heterocycles. The molecule has 2 N–H and O–H groups in total. The van der Waals surface area contributed by atoms with Gasteiger partial charge in [-0.3, -0.25) is 9.52 Å². The zero-order valence-electron chi connectivity index (χ0n) is 17.7. The van der Waals surface area contributed by atoms with Crippen molar-refractivity contribution in [3.05, 3.63) is 76.9 Å². The van der Waals surface area contributed by atoms with Gasteiger partial charge in [-0.2, -0.15) is 0 Å². The lowest BCUT2D eigenvalue weighted by Gasteiger charge is -2.12. The quantitative estimate of drug-likeness (QED) is 0.615. The molecular formula is C23H26N4O3S. The summed E-state index contributed by atoms with van der Waals surface area (Å²) in [5.74, 6) is 0.734. The lowest BCUT2D eigenvalue weighted by molar-refractivity contribution is 0.0949. The molecule has 1 aromatic heterocycles. The third-order valence-corrected chi connectivity index (χ3v) is 6.80. The van der Waals surface area contributed by atoms with E-state index in [2.05, 4.69) is 19.6 Å². The number of carbonyl (C=O) groups is 1. The third-order valence-electron chi connectivity index (χ3n) is 5.42. The maximum absolute atomic E-state index is 12.8. The first kappa shape index (κ1) is 21.1. The van der Waals surface area contributed by atoms with Crippen molar-refractivity contribution in [1.82, 2.24) is 14.9 Å². The number of anilines is 1. The number of fused-ring (bicyclic) bond motifs is 1. The SMILES string of the molecule is Cc1cccc(NS(=O)(=O)c2ccc(C)c(C(=O)NCc3cn4c(n3)CCCC4)c2)c1. The number of sulfonamides is 1. The molecule has 0 atom stereocenters. The Labute approximate surface area is 182 Å². The lowest BCUT2D eigenvalue weighted by Crippen LogP contribution is -2.24. The van der Waals surface area contributed by atoms with Crippen molar-refractivity contribution in [2.75, 3.05) is 4.72 Å². The molecule has 8 heteroatoms. The van der Waals surface area contributed by atoms with Crippen molar-refractivity contribution >= 4 is 21.6 Å². The minimum absolute atomic E-state index is 0.0437. The average molecular weight is 439 g/mol. The molecule has 0 radical (unpaired) electrons. The highest BCUT2D eigenvalue weighted by Gasteiger charge is 2.19. The fourth-order valence-corrected chi connectivity index (χ4v) is 4.83. The average Bonchev–Trinajstić information content (AvgIpc) is 3.15. The highest BCUT2D eigenvalue weighted by atomic mass is 32.2. The van der Waals surface area contributed by atoms with Crippen LogP contribution in [0.1, 0.15) is 45.8 Å². The first-order valence-electron chi connectivity index (χ1n) is 10.3. The molecule has 2 heterocycles. The Morgan fingerprint density at radius 2 is 1.97 bits per heavy atom. The molecule has 3 aromatic rings. The predicted molar refractivity (Wildman–Crippen MR) is 120 cm³/mol. The molecule has 4 rings (SSSR count). The van der Waals surface area contributed by atoms with E-state index in [-0.39, 0.29) is 10.8 Å². The standard InChI is InChI=1S/C23H26N4O3S/c1-16-6-5-7-18(12-16)26-31(29,30)20-10-9-17(2)21(13-20)23(28)24-14-19-15-27-11-4-3-8-22(27)25-19/h5-7,9-10,12-13,15,26H,3-4,8,11,14H2,1-2H3,(H,24,28). The van der Waals surface area contributed by atoms with E-state index in [1.165, 1.54) is 12.1 Å². The molecule has 1 amide bonds. The number of rotatable bonds is 6. The summed E-state index contributed by atoms with van der Waals surface area (Å²) in [6.07, 6.45) is 5.22. The van der Waals surface area contributed by atoms with Gasteiger partial charge in [0.15, 0.2) is 0 Å². The highest BCUT2D eigenvalue weighted by Crippen LogP contribution is 2.20. The number of carbonyl (C=O) groups excluding carboxylic acids is 1. The van der Waals surface area contributed by atoms with Crippen LogP contribution >= 0.6 is 0 Å². The maximum Gasteiger partial charge on any atom is 0.261 e. The second kappa shape index (κ2) is 8.55. The van der Waals surface area contributed by atoms with Crippen molar-refractivity contribution in [3.8, 4) is 0 Å². The van der Waals surface area contributed by atoms with Crippen LogP contribution in [0, 0.1) is 13.8 Å². The van der Waals surface area contributed by atoms with Crippen LogP contribution in [0.15, 0.2) is 53.6 Å². The minimum atomic E-state index is -3.82. The van der Waals surface area contributed by atoms with E-state index in [0.717, 1.165) is 42.9 Å². The first-order chi connectivity index (χ1) is 14.8. The van der Waals surface area contributed by atoms with Gasteiger partial charge in [-0.05, 0) is 62.1 Å². The Balaban J connectivity index is 1.50. The van der Waals surface area contributed by atoms with E-state index in [9.17, 15) is 13.2 Å². The summed E-state index contributed by atoms with van der Waals surface area (Å²) in [6.45, 7) is 4.94. The summed E-state index contributed by atoms with van der Waals surface area (Å²) in [7, 11) is -3.82. The Bertz CT molecular complexity index is 1210. The van der Waals surface area contributed by atoms with Gasteiger partial charge in [-0.1, -0.05) is 18.2 Å². The second-order valence-corrected chi connectivity index (χ2v) is 9.62. The Morgan fingerprint density at radius 1 is 1.13 bits per heavy atom. The normalized spacial score (nSPS) is 13.5. The third kappa shape index (κ3) is 4.80. The molecule has 0 aliphatic carbocycles. The molecule has 162 valence electrons. The topological polar surface area (TPSA) is 93.1 Å². The number of nitrogens with one attached hydrogen (secondary N) is 2. The van der Waals surface area contributed by atoms with Crippen LogP contribution in [0.3, 0.4) is 0 Å². The number of nitrogens with zero attached hydrogens (tertiary/aromatic N) is 2. The smallest absolute Gasteiger partial charge is 0.261 e. The first-order valence-corrected chi connectivity index (χ1v) is 11.8. The van der Waals surface area contributed by atoms with Gasteiger partial charge in [-0.25, -0.2) is 13.4 Å². The van der Waals surface area contributed by atoms with Crippen molar-refractivity contribution < 1.29 is 13.2 Å². The van der Waals surface area contributed by atoms with E-state index in [0.29, 0.717) is 23.4 Å².